The molecule has 0 spiro atoms. The molecule has 0 unspecified atom stereocenters. The van der Waals surface area contributed by atoms with E-state index >= 15 is 0 Å². The van der Waals surface area contributed by atoms with E-state index in [2.05, 4.69) is 26.2 Å². The van der Waals surface area contributed by atoms with Crippen molar-refractivity contribution in [2.75, 3.05) is 10.6 Å². The van der Waals surface area contributed by atoms with Gasteiger partial charge in [0.2, 0.25) is 5.91 Å². The van der Waals surface area contributed by atoms with E-state index in [0.29, 0.717) is 16.4 Å². The van der Waals surface area contributed by atoms with Gasteiger partial charge in [0.05, 0.1) is 11.0 Å². The Kier molecular flexibility index (Phi) is 2.64. The fraction of sp³-hybridized carbons (Fsp3) is 0.500. The SMILES string of the molecule is O=C(CBr)Nc1nc(C2CC2)cs1. The summed E-state index contributed by atoms with van der Waals surface area (Å²) < 4.78 is 0. The van der Waals surface area contributed by atoms with Gasteiger partial charge in [-0.05, 0) is 12.8 Å². The summed E-state index contributed by atoms with van der Waals surface area (Å²) in [5, 5.41) is 5.78. The molecule has 1 N–H and O–H groups in total. The van der Waals surface area contributed by atoms with Gasteiger partial charge in [0.25, 0.3) is 0 Å². The molecule has 0 aromatic carbocycles. The standard InChI is InChI=1S/C8H9BrN2OS/c9-3-7(12)11-8-10-6(4-13-8)5-1-2-5/h4-5H,1-3H2,(H,10,11,12). The summed E-state index contributed by atoms with van der Waals surface area (Å²) in [5.41, 5.74) is 1.13. The zero-order valence-corrected chi connectivity index (χ0v) is 9.32. The summed E-state index contributed by atoms with van der Waals surface area (Å²) in [6, 6.07) is 0. The number of nitrogens with zero attached hydrogens (tertiary/aromatic N) is 1. The van der Waals surface area contributed by atoms with Gasteiger partial charge in [-0.1, -0.05) is 15.9 Å². The van der Waals surface area contributed by atoms with Crippen LogP contribution in [0.3, 0.4) is 0 Å². The van der Waals surface area contributed by atoms with Gasteiger partial charge in [-0.3, -0.25) is 4.79 Å². The first-order valence-electron chi connectivity index (χ1n) is 4.11. The average molecular weight is 261 g/mol. The summed E-state index contributed by atoms with van der Waals surface area (Å²) in [4.78, 5) is 15.3. The topological polar surface area (TPSA) is 42.0 Å². The summed E-state index contributed by atoms with van der Waals surface area (Å²) >= 11 is 4.58. The molecule has 0 saturated heterocycles. The molecule has 0 aliphatic heterocycles. The summed E-state index contributed by atoms with van der Waals surface area (Å²) in [6.45, 7) is 0. The van der Waals surface area contributed by atoms with Gasteiger partial charge in [0, 0.05) is 11.3 Å². The molecule has 1 heterocycles. The molecule has 5 heteroatoms. The van der Waals surface area contributed by atoms with Crippen LogP contribution < -0.4 is 5.32 Å². The largest absolute Gasteiger partial charge is 0.301 e. The van der Waals surface area contributed by atoms with Crippen LogP contribution >= 0.6 is 27.3 Å². The van der Waals surface area contributed by atoms with E-state index in [-0.39, 0.29) is 5.91 Å². The van der Waals surface area contributed by atoms with Crippen molar-refractivity contribution in [3.63, 3.8) is 0 Å². The van der Waals surface area contributed by atoms with Crippen LogP contribution in [0.2, 0.25) is 0 Å². The number of carbonyl (C=O) groups excluding carboxylic acids is 1. The van der Waals surface area contributed by atoms with Crippen LogP contribution in [0.15, 0.2) is 5.38 Å². The Morgan fingerprint density at radius 3 is 3.15 bits per heavy atom. The molecule has 1 amide bonds. The number of hydrogen-bond donors (Lipinski definition) is 1. The zero-order chi connectivity index (χ0) is 9.26. The maximum atomic E-state index is 11.0. The van der Waals surface area contributed by atoms with Gasteiger partial charge in [0.15, 0.2) is 5.13 Å². The van der Waals surface area contributed by atoms with Gasteiger partial charge in [-0.2, -0.15) is 0 Å². The van der Waals surface area contributed by atoms with Crippen molar-refractivity contribution in [1.82, 2.24) is 4.98 Å². The van der Waals surface area contributed by atoms with Gasteiger partial charge in [-0.15, -0.1) is 11.3 Å². The number of thiazole rings is 1. The van der Waals surface area contributed by atoms with Crippen LogP contribution in [0.25, 0.3) is 0 Å². The van der Waals surface area contributed by atoms with E-state index in [1.807, 2.05) is 5.38 Å². The number of amides is 1. The molecule has 0 bridgehead atoms. The van der Waals surface area contributed by atoms with Crippen LogP contribution in [0.1, 0.15) is 24.5 Å². The summed E-state index contributed by atoms with van der Waals surface area (Å²) in [6.07, 6.45) is 2.49. The number of hydrogen-bond acceptors (Lipinski definition) is 3. The maximum Gasteiger partial charge on any atom is 0.236 e. The molecule has 0 radical (unpaired) electrons. The monoisotopic (exact) mass is 260 g/mol. The first-order valence-corrected chi connectivity index (χ1v) is 6.11. The number of rotatable bonds is 3. The van der Waals surface area contributed by atoms with E-state index < -0.39 is 0 Å². The fourth-order valence-corrected chi connectivity index (χ4v) is 2.01. The molecule has 1 aromatic heterocycles. The third kappa shape index (κ3) is 2.28. The molecule has 1 saturated carbocycles. The average Bonchev–Trinajstić information content (AvgIpc) is 2.88. The lowest BCUT2D eigenvalue weighted by Crippen LogP contribution is -2.11. The van der Waals surface area contributed by atoms with Gasteiger partial charge < -0.3 is 5.32 Å². The van der Waals surface area contributed by atoms with E-state index in [9.17, 15) is 4.79 Å². The Bertz CT molecular complexity index is 322. The second-order valence-electron chi connectivity index (χ2n) is 3.03. The number of alkyl halides is 1. The molecule has 1 fully saturated rings. The molecule has 1 aromatic rings. The zero-order valence-electron chi connectivity index (χ0n) is 6.92. The van der Waals surface area contributed by atoms with E-state index in [4.69, 9.17) is 0 Å². The Hall–Kier alpha value is -0.420. The third-order valence-electron chi connectivity index (χ3n) is 1.89. The van der Waals surface area contributed by atoms with Crippen LogP contribution in [0.4, 0.5) is 5.13 Å². The highest BCUT2D eigenvalue weighted by atomic mass is 79.9. The van der Waals surface area contributed by atoms with Crippen LogP contribution in [0, 0.1) is 0 Å². The summed E-state index contributed by atoms with van der Waals surface area (Å²) in [7, 11) is 0. The van der Waals surface area contributed by atoms with Crippen LogP contribution in [-0.4, -0.2) is 16.2 Å². The number of aromatic nitrogens is 1. The van der Waals surface area contributed by atoms with Crippen molar-refractivity contribution in [3.05, 3.63) is 11.1 Å². The highest BCUT2D eigenvalue weighted by molar-refractivity contribution is 9.09. The predicted molar refractivity (Wildman–Crippen MR) is 56.5 cm³/mol. The van der Waals surface area contributed by atoms with Crippen LogP contribution in [-0.2, 0) is 4.79 Å². The lowest BCUT2D eigenvalue weighted by Gasteiger charge is -1.95. The van der Waals surface area contributed by atoms with Crippen molar-refractivity contribution < 1.29 is 4.79 Å². The second kappa shape index (κ2) is 3.75. The lowest BCUT2D eigenvalue weighted by atomic mass is 10.3. The molecule has 2 rings (SSSR count). The Balaban J connectivity index is 2.00. The molecular weight excluding hydrogens is 252 g/mol. The smallest absolute Gasteiger partial charge is 0.236 e. The minimum atomic E-state index is -0.0447. The number of carbonyl (C=O) groups is 1. The van der Waals surface area contributed by atoms with Crippen molar-refractivity contribution >= 4 is 38.3 Å². The van der Waals surface area contributed by atoms with Crippen LogP contribution in [0.5, 0.6) is 0 Å². The fourth-order valence-electron chi connectivity index (χ4n) is 1.06. The number of halogens is 1. The first-order chi connectivity index (χ1) is 6.29. The highest BCUT2D eigenvalue weighted by Gasteiger charge is 2.26. The molecule has 3 nitrogen and oxygen atoms in total. The Morgan fingerprint density at radius 1 is 1.77 bits per heavy atom. The van der Waals surface area contributed by atoms with Crippen molar-refractivity contribution in [3.8, 4) is 0 Å². The van der Waals surface area contributed by atoms with Gasteiger partial charge in [0.1, 0.15) is 0 Å². The maximum absolute atomic E-state index is 11.0. The molecular formula is C8H9BrN2OS. The predicted octanol–water partition coefficient (Wildman–Crippen LogP) is 2.35. The van der Waals surface area contributed by atoms with Crippen molar-refractivity contribution in [2.24, 2.45) is 0 Å². The Morgan fingerprint density at radius 2 is 2.54 bits per heavy atom. The summed E-state index contributed by atoms with van der Waals surface area (Å²) in [5.74, 6) is 0.613. The van der Waals surface area contributed by atoms with Gasteiger partial charge in [-0.25, -0.2) is 4.98 Å². The number of anilines is 1. The Labute approximate surface area is 88.7 Å². The number of nitrogens with one attached hydrogen (secondary N) is 1. The first kappa shape index (κ1) is 9.15. The normalized spacial score (nSPS) is 15.8. The quantitative estimate of drug-likeness (QED) is 0.848. The van der Waals surface area contributed by atoms with Gasteiger partial charge >= 0.3 is 0 Å². The van der Waals surface area contributed by atoms with Crippen molar-refractivity contribution in [1.29, 1.82) is 0 Å². The molecule has 13 heavy (non-hydrogen) atoms. The van der Waals surface area contributed by atoms with E-state index in [0.717, 1.165) is 5.69 Å². The highest BCUT2D eigenvalue weighted by Crippen LogP contribution is 2.40. The lowest BCUT2D eigenvalue weighted by molar-refractivity contribution is -0.113. The third-order valence-corrected chi connectivity index (χ3v) is 3.17. The molecule has 0 atom stereocenters. The molecule has 1 aliphatic rings. The minimum absolute atomic E-state index is 0.0447. The minimum Gasteiger partial charge on any atom is -0.301 e. The second-order valence-corrected chi connectivity index (χ2v) is 4.45. The van der Waals surface area contributed by atoms with Crippen molar-refractivity contribution in [2.45, 2.75) is 18.8 Å². The van der Waals surface area contributed by atoms with E-state index in [1.165, 1.54) is 24.2 Å². The molecule has 1 aliphatic carbocycles. The van der Waals surface area contributed by atoms with E-state index in [1.54, 1.807) is 0 Å². The molecule has 70 valence electrons.